The summed E-state index contributed by atoms with van der Waals surface area (Å²) in [6.07, 6.45) is 3.45. The van der Waals surface area contributed by atoms with E-state index in [1.807, 2.05) is 22.8 Å². The van der Waals surface area contributed by atoms with Crippen molar-refractivity contribution >= 4 is 23.0 Å². The van der Waals surface area contributed by atoms with Gasteiger partial charge in [0, 0.05) is 43.2 Å². The molecule has 3 aliphatic rings. The van der Waals surface area contributed by atoms with Crippen molar-refractivity contribution in [1.29, 1.82) is 0 Å². The molecule has 5 rings (SSSR count). The molecule has 154 valence electrons. The second-order valence-corrected chi connectivity index (χ2v) is 8.49. The van der Waals surface area contributed by atoms with Gasteiger partial charge in [0.05, 0.1) is 18.7 Å². The number of rotatable bonds is 3. The minimum absolute atomic E-state index is 0.0244. The van der Waals surface area contributed by atoms with E-state index >= 15 is 0 Å². The van der Waals surface area contributed by atoms with Gasteiger partial charge in [-0.05, 0) is 37.8 Å². The summed E-state index contributed by atoms with van der Waals surface area (Å²) in [5.41, 5.74) is 4.13. The van der Waals surface area contributed by atoms with Crippen LogP contribution in [0, 0.1) is 13.8 Å². The Hall–Kier alpha value is -2.54. The van der Waals surface area contributed by atoms with E-state index in [-0.39, 0.29) is 30.2 Å². The van der Waals surface area contributed by atoms with Crippen LogP contribution in [0.3, 0.4) is 0 Å². The maximum atomic E-state index is 12.9. The second-order valence-electron chi connectivity index (χ2n) is 8.49. The normalized spacial score (nSPS) is 25.0. The Kier molecular flexibility index (Phi) is 4.50. The molecule has 1 N–H and O–H groups in total. The molecule has 0 aliphatic carbocycles. The van der Waals surface area contributed by atoms with Gasteiger partial charge < -0.3 is 19.4 Å². The number of nitrogens with zero attached hydrogens (tertiary/aromatic N) is 2. The van der Waals surface area contributed by atoms with Crippen LogP contribution in [0.5, 0.6) is 0 Å². The lowest BCUT2D eigenvalue weighted by atomic mass is 10.00. The maximum absolute atomic E-state index is 12.9. The van der Waals surface area contributed by atoms with Crippen LogP contribution in [0.1, 0.15) is 29.5 Å². The first-order chi connectivity index (χ1) is 14.0. The number of amides is 2. The SMILES string of the molecule is Cc1ccc2c(CC(=O)N3CCC(N4C(=O)O[C@H]5CNC[C@H]54)CC3)coc2c1C. The quantitative estimate of drug-likeness (QED) is 0.861. The average molecular weight is 397 g/mol. The van der Waals surface area contributed by atoms with E-state index in [9.17, 15) is 9.59 Å². The van der Waals surface area contributed by atoms with Crippen LogP contribution in [-0.2, 0) is 16.0 Å². The average Bonchev–Trinajstić information content (AvgIpc) is 3.40. The van der Waals surface area contributed by atoms with Crippen molar-refractivity contribution in [3.8, 4) is 0 Å². The first-order valence-electron chi connectivity index (χ1n) is 10.5. The number of fused-ring (bicyclic) bond motifs is 2. The third kappa shape index (κ3) is 3.08. The number of furan rings is 1. The van der Waals surface area contributed by atoms with Crippen LogP contribution in [0.25, 0.3) is 11.0 Å². The van der Waals surface area contributed by atoms with Crippen LogP contribution < -0.4 is 5.32 Å². The molecule has 0 unspecified atom stereocenters. The molecule has 7 nitrogen and oxygen atoms in total. The van der Waals surface area contributed by atoms with Crippen molar-refractivity contribution in [3.63, 3.8) is 0 Å². The standard InChI is InChI=1S/C22H27N3O4/c1-13-3-4-17-15(12-28-21(17)14(13)2)9-20(26)24-7-5-16(6-8-24)25-18-10-23-11-19(18)29-22(25)27/h3-4,12,16,18-19,23H,5-11H2,1-2H3/t18-,19+/m1/s1. The minimum atomic E-state index is -0.193. The van der Waals surface area contributed by atoms with E-state index in [1.165, 1.54) is 5.56 Å². The highest BCUT2D eigenvalue weighted by molar-refractivity contribution is 5.89. The summed E-state index contributed by atoms with van der Waals surface area (Å²) >= 11 is 0. The first kappa shape index (κ1) is 18.5. The number of aryl methyl sites for hydroxylation is 2. The fraction of sp³-hybridized carbons (Fsp3) is 0.545. The molecule has 0 bridgehead atoms. The highest BCUT2D eigenvalue weighted by Crippen LogP contribution is 2.30. The summed E-state index contributed by atoms with van der Waals surface area (Å²) in [5.74, 6) is 0.119. The summed E-state index contributed by atoms with van der Waals surface area (Å²) in [4.78, 5) is 29.0. The number of hydrogen-bond acceptors (Lipinski definition) is 5. The molecule has 1 aromatic carbocycles. The fourth-order valence-corrected chi connectivity index (χ4v) is 4.98. The number of hydrogen-bond donors (Lipinski definition) is 1. The zero-order valence-electron chi connectivity index (χ0n) is 16.9. The van der Waals surface area contributed by atoms with Crippen molar-refractivity contribution in [1.82, 2.24) is 15.1 Å². The summed E-state index contributed by atoms with van der Waals surface area (Å²) < 4.78 is 11.2. The van der Waals surface area contributed by atoms with E-state index in [2.05, 4.69) is 18.3 Å². The molecule has 3 fully saturated rings. The van der Waals surface area contributed by atoms with Gasteiger partial charge in [-0.25, -0.2) is 4.79 Å². The molecule has 7 heteroatoms. The van der Waals surface area contributed by atoms with Crippen LogP contribution in [0.4, 0.5) is 4.79 Å². The molecule has 2 atom stereocenters. The molecular weight excluding hydrogens is 370 g/mol. The fourth-order valence-electron chi connectivity index (χ4n) is 4.98. The molecule has 29 heavy (non-hydrogen) atoms. The highest BCUT2D eigenvalue weighted by Gasteiger charge is 2.48. The van der Waals surface area contributed by atoms with Gasteiger partial charge in [-0.3, -0.25) is 9.69 Å². The summed E-state index contributed by atoms with van der Waals surface area (Å²) in [6.45, 7) is 6.99. The second kappa shape index (κ2) is 7.06. The smallest absolute Gasteiger partial charge is 0.410 e. The lowest BCUT2D eigenvalue weighted by Crippen LogP contribution is -2.51. The molecule has 0 saturated carbocycles. The van der Waals surface area contributed by atoms with E-state index in [0.29, 0.717) is 19.5 Å². The number of carbonyl (C=O) groups is 2. The van der Waals surface area contributed by atoms with Crippen molar-refractivity contribution in [2.75, 3.05) is 26.2 Å². The zero-order valence-corrected chi connectivity index (χ0v) is 16.9. The van der Waals surface area contributed by atoms with Crippen LogP contribution >= 0.6 is 0 Å². The first-order valence-corrected chi connectivity index (χ1v) is 10.5. The lowest BCUT2D eigenvalue weighted by molar-refractivity contribution is -0.131. The number of benzene rings is 1. The van der Waals surface area contributed by atoms with Gasteiger partial charge in [0.25, 0.3) is 0 Å². The summed E-state index contributed by atoms with van der Waals surface area (Å²) in [7, 11) is 0. The highest BCUT2D eigenvalue weighted by atomic mass is 16.6. The van der Waals surface area contributed by atoms with Gasteiger partial charge in [-0.15, -0.1) is 0 Å². The summed E-state index contributed by atoms with van der Waals surface area (Å²) in [5, 5.41) is 4.32. The van der Waals surface area contributed by atoms with Gasteiger partial charge in [-0.1, -0.05) is 12.1 Å². The van der Waals surface area contributed by atoms with Crippen molar-refractivity contribution in [2.24, 2.45) is 0 Å². The Balaban J connectivity index is 1.23. The Labute approximate surface area is 170 Å². The van der Waals surface area contributed by atoms with E-state index in [4.69, 9.17) is 9.15 Å². The molecule has 4 heterocycles. The Morgan fingerprint density at radius 3 is 2.79 bits per heavy atom. The number of carbonyl (C=O) groups excluding carboxylic acids is 2. The number of likely N-dealkylation sites (tertiary alicyclic amines) is 1. The van der Waals surface area contributed by atoms with E-state index in [1.54, 1.807) is 6.26 Å². The van der Waals surface area contributed by atoms with Gasteiger partial charge in [-0.2, -0.15) is 0 Å². The Bertz CT molecular complexity index is 960. The van der Waals surface area contributed by atoms with Crippen molar-refractivity contribution in [3.05, 3.63) is 35.1 Å². The maximum Gasteiger partial charge on any atom is 0.410 e. The number of nitrogens with one attached hydrogen (secondary N) is 1. The molecule has 2 amide bonds. The molecule has 3 saturated heterocycles. The predicted molar refractivity (Wildman–Crippen MR) is 108 cm³/mol. The van der Waals surface area contributed by atoms with Gasteiger partial charge in [0.1, 0.15) is 11.7 Å². The topological polar surface area (TPSA) is 75.0 Å². The van der Waals surface area contributed by atoms with Crippen LogP contribution in [-0.4, -0.2) is 66.2 Å². The molecule has 0 spiro atoms. The van der Waals surface area contributed by atoms with Gasteiger partial charge in [0.15, 0.2) is 0 Å². The molecule has 1 aromatic heterocycles. The molecule has 0 radical (unpaired) electrons. The zero-order chi connectivity index (χ0) is 20.1. The summed E-state index contributed by atoms with van der Waals surface area (Å²) in [6, 6.07) is 4.41. The van der Waals surface area contributed by atoms with Gasteiger partial charge in [0.2, 0.25) is 5.91 Å². The lowest BCUT2D eigenvalue weighted by Gasteiger charge is -2.37. The Morgan fingerprint density at radius 1 is 1.21 bits per heavy atom. The van der Waals surface area contributed by atoms with Crippen LogP contribution in [0.2, 0.25) is 0 Å². The van der Waals surface area contributed by atoms with E-state index < -0.39 is 0 Å². The Morgan fingerprint density at radius 2 is 2.00 bits per heavy atom. The number of piperidine rings is 1. The molecule has 3 aliphatic heterocycles. The van der Waals surface area contributed by atoms with Crippen molar-refractivity contribution in [2.45, 2.75) is 51.3 Å². The molecular formula is C22H27N3O4. The van der Waals surface area contributed by atoms with Crippen LogP contribution in [0.15, 0.2) is 22.8 Å². The minimum Gasteiger partial charge on any atom is -0.464 e. The molecule has 2 aromatic rings. The largest absolute Gasteiger partial charge is 0.464 e. The van der Waals surface area contributed by atoms with E-state index in [0.717, 1.165) is 48.0 Å². The monoisotopic (exact) mass is 397 g/mol. The predicted octanol–water partition coefficient (Wildman–Crippen LogP) is 2.38. The third-order valence-corrected chi connectivity index (χ3v) is 6.84. The van der Waals surface area contributed by atoms with Crippen molar-refractivity contribution < 1.29 is 18.7 Å². The third-order valence-electron chi connectivity index (χ3n) is 6.84. The van der Waals surface area contributed by atoms with Gasteiger partial charge >= 0.3 is 6.09 Å². The number of ether oxygens (including phenoxy) is 1.